The number of nitrogens with zero attached hydrogens (tertiary/aromatic N) is 3. The first-order valence-corrected chi connectivity index (χ1v) is 7.28. The van der Waals surface area contributed by atoms with Crippen molar-refractivity contribution in [3.05, 3.63) is 53.2 Å². The molecule has 2 heterocycles. The van der Waals surface area contributed by atoms with Crippen molar-refractivity contribution in [2.45, 2.75) is 6.92 Å². The van der Waals surface area contributed by atoms with Gasteiger partial charge in [-0.15, -0.1) is 11.3 Å². The van der Waals surface area contributed by atoms with E-state index in [2.05, 4.69) is 15.4 Å². The molecule has 0 fully saturated rings. The Bertz CT molecular complexity index is 776. The third-order valence-electron chi connectivity index (χ3n) is 2.99. The summed E-state index contributed by atoms with van der Waals surface area (Å²) >= 11 is 1.37. The molecule has 1 aromatic carbocycles. The quantitative estimate of drug-likeness (QED) is 0.808. The molecule has 3 rings (SSSR count). The van der Waals surface area contributed by atoms with Crippen LogP contribution in [0.5, 0.6) is 0 Å². The summed E-state index contributed by atoms with van der Waals surface area (Å²) in [6, 6.07) is 11.6. The lowest BCUT2D eigenvalue weighted by molar-refractivity contribution is 0.102. The van der Waals surface area contributed by atoms with Gasteiger partial charge in [0.15, 0.2) is 0 Å². The minimum absolute atomic E-state index is 0.169. The molecule has 0 spiro atoms. The van der Waals surface area contributed by atoms with E-state index in [-0.39, 0.29) is 5.91 Å². The lowest BCUT2D eigenvalue weighted by Gasteiger charge is -2.02. The Labute approximate surface area is 126 Å². The van der Waals surface area contributed by atoms with Gasteiger partial charge >= 0.3 is 0 Å². The van der Waals surface area contributed by atoms with E-state index in [1.54, 1.807) is 17.9 Å². The average molecular weight is 298 g/mol. The number of anilines is 1. The van der Waals surface area contributed by atoms with E-state index >= 15 is 0 Å². The predicted octanol–water partition coefficient (Wildman–Crippen LogP) is 3.10. The molecule has 0 saturated heterocycles. The Balaban J connectivity index is 1.80. The van der Waals surface area contributed by atoms with Crippen molar-refractivity contribution >= 4 is 23.1 Å². The smallest absolute Gasteiger partial charge is 0.268 e. The lowest BCUT2D eigenvalue weighted by Crippen LogP contribution is -2.13. The van der Waals surface area contributed by atoms with Gasteiger partial charge in [0.2, 0.25) is 0 Å². The van der Waals surface area contributed by atoms with Crippen molar-refractivity contribution < 1.29 is 4.79 Å². The van der Waals surface area contributed by atoms with Crippen molar-refractivity contribution in [2.75, 3.05) is 5.32 Å². The highest BCUT2D eigenvalue weighted by Crippen LogP contribution is 2.25. The van der Waals surface area contributed by atoms with Crippen LogP contribution in [0.4, 0.5) is 5.82 Å². The largest absolute Gasteiger partial charge is 0.306 e. The summed E-state index contributed by atoms with van der Waals surface area (Å²) < 4.78 is 1.65. The number of carbonyl (C=O) groups excluding carboxylic acids is 1. The number of hydrogen-bond donors (Lipinski definition) is 1. The maximum atomic E-state index is 12.2. The van der Waals surface area contributed by atoms with Crippen LogP contribution >= 0.6 is 11.3 Å². The maximum Gasteiger partial charge on any atom is 0.268 e. The van der Waals surface area contributed by atoms with E-state index < -0.39 is 0 Å². The molecule has 106 valence electrons. The number of aromatic nitrogens is 3. The molecule has 0 aliphatic rings. The number of thiazole rings is 1. The second-order valence-electron chi connectivity index (χ2n) is 4.64. The monoisotopic (exact) mass is 298 g/mol. The van der Waals surface area contributed by atoms with Crippen molar-refractivity contribution in [1.29, 1.82) is 0 Å². The van der Waals surface area contributed by atoms with Gasteiger partial charge < -0.3 is 5.32 Å². The van der Waals surface area contributed by atoms with Crippen LogP contribution in [0.25, 0.3) is 10.6 Å². The molecule has 2 aromatic heterocycles. The molecular weight excluding hydrogens is 284 g/mol. The normalized spacial score (nSPS) is 10.6. The first-order chi connectivity index (χ1) is 10.1. The highest BCUT2D eigenvalue weighted by Gasteiger charge is 2.13. The fraction of sp³-hybridized carbons (Fsp3) is 0.133. The van der Waals surface area contributed by atoms with Crippen LogP contribution in [0.2, 0.25) is 0 Å². The zero-order valence-electron chi connectivity index (χ0n) is 11.7. The predicted molar refractivity (Wildman–Crippen MR) is 83.4 cm³/mol. The molecule has 21 heavy (non-hydrogen) atoms. The standard InChI is InChI=1S/C15H14N4OS/c1-10-8-13(19(2)18-10)17-14(20)12-9-16-15(21-12)11-6-4-3-5-7-11/h3-9H,1-2H3,(H,17,20). The van der Waals surface area contributed by atoms with Crippen molar-refractivity contribution in [2.24, 2.45) is 7.05 Å². The van der Waals surface area contributed by atoms with Crippen molar-refractivity contribution in [1.82, 2.24) is 14.8 Å². The minimum Gasteiger partial charge on any atom is -0.306 e. The topological polar surface area (TPSA) is 59.8 Å². The van der Waals surface area contributed by atoms with Gasteiger partial charge in [0.25, 0.3) is 5.91 Å². The molecule has 5 nitrogen and oxygen atoms in total. The number of carbonyl (C=O) groups is 1. The lowest BCUT2D eigenvalue weighted by atomic mass is 10.2. The fourth-order valence-electron chi connectivity index (χ4n) is 2.00. The minimum atomic E-state index is -0.169. The van der Waals surface area contributed by atoms with Crippen LogP contribution in [0.15, 0.2) is 42.6 Å². The van der Waals surface area contributed by atoms with Crippen LogP contribution in [0.3, 0.4) is 0 Å². The van der Waals surface area contributed by atoms with Crippen LogP contribution < -0.4 is 5.32 Å². The van der Waals surface area contributed by atoms with Crippen molar-refractivity contribution in [3.8, 4) is 10.6 Å². The summed E-state index contributed by atoms with van der Waals surface area (Å²) in [5.41, 5.74) is 1.88. The van der Waals surface area contributed by atoms with Gasteiger partial charge in [0, 0.05) is 18.7 Å². The second kappa shape index (κ2) is 5.49. The molecule has 0 bridgehead atoms. The Morgan fingerprint density at radius 3 is 2.71 bits per heavy atom. The Morgan fingerprint density at radius 1 is 1.29 bits per heavy atom. The fourth-order valence-corrected chi connectivity index (χ4v) is 2.82. The molecule has 0 unspecified atom stereocenters. The highest BCUT2D eigenvalue weighted by atomic mass is 32.1. The van der Waals surface area contributed by atoms with Gasteiger partial charge in [0.1, 0.15) is 15.7 Å². The Hall–Kier alpha value is -2.47. The first kappa shape index (κ1) is 13.5. The molecule has 0 radical (unpaired) electrons. The van der Waals surface area contributed by atoms with E-state index in [4.69, 9.17) is 0 Å². The molecule has 0 atom stereocenters. The number of amides is 1. The van der Waals surface area contributed by atoms with Gasteiger partial charge in [-0.3, -0.25) is 9.48 Å². The van der Waals surface area contributed by atoms with Gasteiger partial charge in [-0.25, -0.2) is 4.98 Å². The summed E-state index contributed by atoms with van der Waals surface area (Å²) in [6.07, 6.45) is 1.60. The average Bonchev–Trinajstić information content (AvgIpc) is 3.07. The van der Waals surface area contributed by atoms with Gasteiger partial charge in [-0.05, 0) is 6.92 Å². The van der Waals surface area contributed by atoms with Crippen LogP contribution in [0, 0.1) is 6.92 Å². The summed E-state index contributed by atoms with van der Waals surface area (Å²) in [6.45, 7) is 1.88. The summed E-state index contributed by atoms with van der Waals surface area (Å²) in [5.74, 6) is 0.504. The van der Waals surface area contributed by atoms with Crippen LogP contribution in [0.1, 0.15) is 15.4 Å². The number of aryl methyl sites for hydroxylation is 2. The summed E-state index contributed by atoms with van der Waals surface area (Å²) in [5, 5.41) is 7.88. The molecule has 3 aromatic rings. The van der Waals surface area contributed by atoms with Crippen LogP contribution in [-0.2, 0) is 7.05 Å². The Morgan fingerprint density at radius 2 is 2.05 bits per heavy atom. The zero-order chi connectivity index (χ0) is 14.8. The Kier molecular flexibility index (Phi) is 3.53. The molecular formula is C15H14N4OS. The summed E-state index contributed by atoms with van der Waals surface area (Å²) in [4.78, 5) is 17.1. The SMILES string of the molecule is Cc1cc(NC(=O)c2cnc(-c3ccccc3)s2)n(C)n1. The molecule has 0 aliphatic carbocycles. The van der Waals surface area contributed by atoms with Gasteiger partial charge in [-0.1, -0.05) is 30.3 Å². The molecule has 6 heteroatoms. The number of nitrogens with one attached hydrogen (secondary N) is 1. The molecule has 0 saturated carbocycles. The van der Waals surface area contributed by atoms with E-state index in [9.17, 15) is 4.79 Å². The highest BCUT2D eigenvalue weighted by molar-refractivity contribution is 7.17. The van der Waals surface area contributed by atoms with E-state index in [1.165, 1.54) is 11.3 Å². The number of hydrogen-bond acceptors (Lipinski definition) is 4. The summed E-state index contributed by atoms with van der Waals surface area (Å²) in [7, 11) is 1.80. The number of benzene rings is 1. The molecule has 1 N–H and O–H groups in total. The van der Waals surface area contributed by atoms with E-state index in [0.717, 1.165) is 16.3 Å². The third kappa shape index (κ3) is 2.85. The zero-order valence-corrected chi connectivity index (χ0v) is 12.5. The van der Waals surface area contributed by atoms with Gasteiger partial charge in [-0.2, -0.15) is 5.10 Å². The van der Waals surface area contributed by atoms with Crippen LogP contribution in [-0.4, -0.2) is 20.7 Å². The molecule has 0 aliphatic heterocycles. The van der Waals surface area contributed by atoms with Gasteiger partial charge in [0.05, 0.1) is 11.9 Å². The first-order valence-electron chi connectivity index (χ1n) is 6.47. The van der Waals surface area contributed by atoms with E-state index in [0.29, 0.717) is 10.7 Å². The van der Waals surface area contributed by atoms with E-state index in [1.807, 2.05) is 43.3 Å². The molecule has 1 amide bonds. The second-order valence-corrected chi connectivity index (χ2v) is 5.68. The van der Waals surface area contributed by atoms with Crippen molar-refractivity contribution in [3.63, 3.8) is 0 Å². The third-order valence-corrected chi connectivity index (χ3v) is 4.04. The number of rotatable bonds is 3. The maximum absolute atomic E-state index is 12.2.